The van der Waals surface area contributed by atoms with Gasteiger partial charge in [0.05, 0.1) is 11.9 Å². The van der Waals surface area contributed by atoms with Crippen molar-refractivity contribution >= 4 is 39.1 Å². The molecule has 2 amide bonds. The van der Waals surface area contributed by atoms with E-state index in [4.69, 9.17) is 11.6 Å². The number of amides is 2. The summed E-state index contributed by atoms with van der Waals surface area (Å²) < 4.78 is 26.3. The summed E-state index contributed by atoms with van der Waals surface area (Å²) in [5, 5.41) is 3.54. The summed E-state index contributed by atoms with van der Waals surface area (Å²) in [4.78, 5) is 28.1. The zero-order valence-electron chi connectivity index (χ0n) is 22.5. The molecule has 204 valence electrons. The Morgan fingerprint density at radius 1 is 0.973 bits per heavy atom. The van der Waals surface area contributed by atoms with Crippen LogP contribution in [-0.4, -0.2) is 50.5 Å². The summed E-state index contributed by atoms with van der Waals surface area (Å²) in [7, 11) is -3.53. The smallest absolute Gasteiger partial charge is 0.242 e. The van der Waals surface area contributed by atoms with Gasteiger partial charge in [-0.05, 0) is 60.6 Å². The lowest BCUT2D eigenvalue weighted by Gasteiger charge is -2.31. The van der Waals surface area contributed by atoms with Crippen molar-refractivity contribution < 1.29 is 18.0 Å². The fourth-order valence-electron chi connectivity index (χ4n) is 4.03. The second kappa shape index (κ2) is 14.4. The van der Waals surface area contributed by atoms with Gasteiger partial charge < -0.3 is 10.2 Å². The number of aryl methyl sites for hydroxylation is 1. The Hall–Kier alpha value is -2.58. The summed E-state index contributed by atoms with van der Waals surface area (Å²) in [6, 6.07) is 14.0. The number of rotatable bonds is 14. The Morgan fingerprint density at radius 3 is 2.08 bits per heavy atom. The van der Waals surface area contributed by atoms with Gasteiger partial charge in [-0.3, -0.25) is 13.9 Å². The van der Waals surface area contributed by atoms with Crippen LogP contribution in [0.25, 0.3) is 0 Å². The van der Waals surface area contributed by atoms with Crippen LogP contribution in [0.4, 0.5) is 5.69 Å². The normalized spacial score (nSPS) is 12.3. The van der Waals surface area contributed by atoms with E-state index in [1.807, 2.05) is 52.0 Å². The molecule has 0 aromatic heterocycles. The summed E-state index contributed by atoms with van der Waals surface area (Å²) in [6.07, 6.45) is 2.92. The molecule has 0 saturated heterocycles. The highest BCUT2D eigenvalue weighted by Crippen LogP contribution is 2.21. The molecule has 0 bridgehead atoms. The Balaban J connectivity index is 2.19. The van der Waals surface area contributed by atoms with Gasteiger partial charge in [0.15, 0.2) is 0 Å². The second-order valence-corrected chi connectivity index (χ2v) is 12.0. The molecule has 0 heterocycles. The molecule has 0 spiro atoms. The first-order valence-corrected chi connectivity index (χ1v) is 15.1. The molecule has 1 N–H and O–H groups in total. The number of halogens is 1. The Kier molecular flexibility index (Phi) is 11.9. The average Bonchev–Trinajstić information content (AvgIpc) is 2.85. The van der Waals surface area contributed by atoms with Crippen LogP contribution < -0.4 is 9.62 Å². The van der Waals surface area contributed by atoms with Crippen LogP contribution in [-0.2, 0) is 32.6 Å². The summed E-state index contributed by atoms with van der Waals surface area (Å²) in [5.41, 5.74) is 2.55. The molecule has 0 aliphatic heterocycles. The van der Waals surface area contributed by atoms with Gasteiger partial charge in [0.1, 0.15) is 6.04 Å². The zero-order valence-corrected chi connectivity index (χ0v) is 24.1. The molecule has 7 nitrogen and oxygen atoms in total. The van der Waals surface area contributed by atoms with E-state index in [9.17, 15) is 18.0 Å². The van der Waals surface area contributed by atoms with Gasteiger partial charge in [-0.25, -0.2) is 8.42 Å². The van der Waals surface area contributed by atoms with Crippen molar-refractivity contribution in [3.8, 4) is 0 Å². The third-order valence-electron chi connectivity index (χ3n) is 6.12. The lowest BCUT2D eigenvalue weighted by molar-refractivity contribution is -0.141. The summed E-state index contributed by atoms with van der Waals surface area (Å²) in [5.74, 6) is -0.0983. The van der Waals surface area contributed by atoms with Crippen molar-refractivity contribution in [1.82, 2.24) is 10.2 Å². The molecule has 9 heteroatoms. The molecule has 2 aromatic carbocycles. The van der Waals surface area contributed by atoms with Crippen LogP contribution >= 0.6 is 11.6 Å². The quantitative estimate of drug-likeness (QED) is 0.358. The van der Waals surface area contributed by atoms with Gasteiger partial charge in [0.2, 0.25) is 21.8 Å². The lowest BCUT2D eigenvalue weighted by atomic mass is 10.1. The van der Waals surface area contributed by atoms with Gasteiger partial charge in [0, 0.05) is 31.1 Å². The van der Waals surface area contributed by atoms with E-state index in [-0.39, 0.29) is 37.2 Å². The highest BCUT2D eigenvalue weighted by Gasteiger charge is 2.29. The Morgan fingerprint density at radius 2 is 1.57 bits per heavy atom. The predicted octanol–water partition coefficient (Wildman–Crippen LogP) is 5.03. The minimum Gasteiger partial charge on any atom is -0.354 e. The number of sulfonamides is 1. The SMILES string of the molecule is CCc1ccc(N(CCCC(=O)N(Cc2ccc(Cl)cc2)[C@H](CC)C(=O)NCC(C)C)S(C)(=O)=O)cc1. The van der Waals surface area contributed by atoms with E-state index in [1.165, 1.54) is 10.6 Å². The molecule has 0 unspecified atom stereocenters. The van der Waals surface area contributed by atoms with E-state index in [1.54, 1.807) is 29.2 Å². The van der Waals surface area contributed by atoms with Gasteiger partial charge in [-0.15, -0.1) is 0 Å². The van der Waals surface area contributed by atoms with E-state index in [2.05, 4.69) is 5.32 Å². The largest absolute Gasteiger partial charge is 0.354 e. The Bertz CT molecular complexity index is 1120. The van der Waals surface area contributed by atoms with Crippen LogP contribution in [0, 0.1) is 5.92 Å². The number of nitrogens with one attached hydrogen (secondary N) is 1. The highest BCUT2D eigenvalue weighted by molar-refractivity contribution is 7.92. The van der Waals surface area contributed by atoms with Crippen molar-refractivity contribution in [2.24, 2.45) is 5.92 Å². The zero-order chi connectivity index (χ0) is 27.6. The van der Waals surface area contributed by atoms with Crippen molar-refractivity contribution in [3.05, 3.63) is 64.7 Å². The van der Waals surface area contributed by atoms with Crippen LogP contribution in [0.2, 0.25) is 5.02 Å². The molecule has 0 saturated carbocycles. The number of carbonyl (C=O) groups is 2. The molecule has 1 atom stereocenters. The molecule has 2 rings (SSSR count). The molecule has 0 aliphatic rings. The second-order valence-electron chi connectivity index (χ2n) is 9.67. The molecule has 0 aliphatic carbocycles. The fourth-order valence-corrected chi connectivity index (χ4v) is 5.12. The number of anilines is 1. The van der Waals surface area contributed by atoms with Crippen LogP contribution in [0.5, 0.6) is 0 Å². The van der Waals surface area contributed by atoms with Gasteiger partial charge >= 0.3 is 0 Å². The number of hydrogen-bond acceptors (Lipinski definition) is 4. The van der Waals surface area contributed by atoms with Gasteiger partial charge in [-0.2, -0.15) is 0 Å². The maximum atomic E-state index is 13.5. The van der Waals surface area contributed by atoms with E-state index < -0.39 is 16.1 Å². The number of carbonyl (C=O) groups excluding carboxylic acids is 2. The van der Waals surface area contributed by atoms with Crippen molar-refractivity contribution in [2.75, 3.05) is 23.7 Å². The standard InChI is InChI=1S/C28H40ClN3O4S/c1-6-22-12-16-25(17-13-22)32(37(5,35)36)18-8-9-27(33)31(20-23-10-14-24(29)15-11-23)26(7-2)28(34)30-19-21(3)4/h10-17,21,26H,6-9,18-20H2,1-5H3,(H,30,34)/t26-/m1/s1. The number of hydrogen-bond donors (Lipinski definition) is 1. The molecule has 2 aromatic rings. The van der Waals surface area contributed by atoms with Crippen LogP contribution in [0.1, 0.15) is 58.1 Å². The minimum atomic E-state index is -3.53. The average molecular weight is 550 g/mol. The van der Waals surface area contributed by atoms with E-state index >= 15 is 0 Å². The van der Waals surface area contributed by atoms with Crippen LogP contribution in [0.3, 0.4) is 0 Å². The first-order valence-electron chi connectivity index (χ1n) is 12.8. The molecular weight excluding hydrogens is 510 g/mol. The predicted molar refractivity (Wildman–Crippen MR) is 151 cm³/mol. The third kappa shape index (κ3) is 9.67. The maximum Gasteiger partial charge on any atom is 0.242 e. The summed E-state index contributed by atoms with van der Waals surface area (Å²) in [6.45, 7) is 8.91. The minimum absolute atomic E-state index is 0.112. The lowest BCUT2D eigenvalue weighted by Crippen LogP contribution is -2.49. The Labute approximate surface area is 227 Å². The first-order chi connectivity index (χ1) is 17.5. The van der Waals surface area contributed by atoms with Crippen molar-refractivity contribution in [2.45, 2.75) is 66.0 Å². The van der Waals surface area contributed by atoms with E-state index in [0.29, 0.717) is 30.1 Å². The molecule has 0 radical (unpaired) electrons. The van der Waals surface area contributed by atoms with Gasteiger partial charge in [0.25, 0.3) is 0 Å². The number of benzene rings is 2. The monoisotopic (exact) mass is 549 g/mol. The number of nitrogens with zero attached hydrogens (tertiary/aromatic N) is 2. The third-order valence-corrected chi connectivity index (χ3v) is 7.57. The van der Waals surface area contributed by atoms with Gasteiger partial charge in [-0.1, -0.05) is 63.6 Å². The van der Waals surface area contributed by atoms with E-state index in [0.717, 1.165) is 17.5 Å². The fraction of sp³-hybridized carbons (Fsp3) is 0.500. The topological polar surface area (TPSA) is 86.8 Å². The summed E-state index contributed by atoms with van der Waals surface area (Å²) >= 11 is 6.03. The first kappa shape index (κ1) is 30.6. The van der Waals surface area contributed by atoms with Crippen molar-refractivity contribution in [1.29, 1.82) is 0 Å². The molecule has 37 heavy (non-hydrogen) atoms. The van der Waals surface area contributed by atoms with Crippen molar-refractivity contribution in [3.63, 3.8) is 0 Å². The van der Waals surface area contributed by atoms with Crippen LogP contribution in [0.15, 0.2) is 48.5 Å². The highest BCUT2D eigenvalue weighted by atomic mass is 35.5. The molecular formula is C28H40ClN3O4S. The molecule has 0 fully saturated rings. The maximum absolute atomic E-state index is 13.5.